The van der Waals surface area contributed by atoms with Crippen molar-refractivity contribution < 1.29 is 9.72 Å². The van der Waals surface area contributed by atoms with E-state index >= 15 is 0 Å². The molecule has 0 saturated heterocycles. The molecule has 0 aliphatic rings. The number of nitrogens with zero attached hydrogens (tertiary/aromatic N) is 1. The van der Waals surface area contributed by atoms with Crippen LogP contribution < -0.4 is 5.32 Å². The van der Waals surface area contributed by atoms with Gasteiger partial charge in [-0.3, -0.25) is 14.9 Å². The number of aryl methyl sites for hydroxylation is 1. The molecule has 3 rings (SSSR count). The van der Waals surface area contributed by atoms with Gasteiger partial charge in [0, 0.05) is 16.5 Å². The van der Waals surface area contributed by atoms with Crippen LogP contribution in [-0.4, -0.2) is 11.2 Å². The van der Waals surface area contributed by atoms with Gasteiger partial charge in [-0.2, -0.15) is 0 Å². The van der Waals surface area contributed by atoms with Gasteiger partial charge >= 0.3 is 0 Å². The lowest BCUT2D eigenvalue weighted by atomic mass is 10.0. The molecule has 3 aromatic rings. The Morgan fingerprint density at radius 2 is 1.92 bits per heavy atom. The Labute approximate surface area is 149 Å². The highest BCUT2D eigenvalue weighted by Gasteiger charge is 2.21. The summed E-state index contributed by atoms with van der Waals surface area (Å²) < 4.78 is 0. The standard InChI is InChI=1S/C19H16N2O3S/c1-13-4-7-15(8-5-13)19(18-3-2-10-25-18)20-16-9-6-14(12-22)11-17(16)21(23)24/h2-12,19-20H,1H3/t19-/m0/s1. The van der Waals surface area contributed by atoms with Crippen LogP contribution in [-0.2, 0) is 0 Å². The van der Waals surface area contributed by atoms with E-state index in [0.717, 1.165) is 16.0 Å². The van der Waals surface area contributed by atoms with E-state index in [1.807, 2.05) is 48.7 Å². The number of nitrogens with one attached hydrogen (secondary N) is 1. The van der Waals surface area contributed by atoms with Crippen LogP contribution in [0.1, 0.15) is 32.4 Å². The number of benzene rings is 2. The van der Waals surface area contributed by atoms with E-state index in [-0.39, 0.29) is 17.3 Å². The number of anilines is 1. The lowest BCUT2D eigenvalue weighted by Gasteiger charge is -2.19. The molecule has 0 fully saturated rings. The first-order chi connectivity index (χ1) is 12.1. The molecule has 0 saturated carbocycles. The predicted molar refractivity (Wildman–Crippen MR) is 99.4 cm³/mol. The highest BCUT2D eigenvalue weighted by Crippen LogP contribution is 2.34. The molecular formula is C19H16N2O3S. The van der Waals surface area contributed by atoms with Gasteiger partial charge in [-0.15, -0.1) is 11.3 Å². The Kier molecular flexibility index (Phi) is 4.90. The molecule has 1 atom stereocenters. The molecular weight excluding hydrogens is 336 g/mol. The Morgan fingerprint density at radius 3 is 2.52 bits per heavy atom. The van der Waals surface area contributed by atoms with Crippen molar-refractivity contribution in [1.29, 1.82) is 0 Å². The van der Waals surface area contributed by atoms with E-state index in [0.29, 0.717) is 12.0 Å². The third-order valence-corrected chi connectivity index (χ3v) is 4.83. The Morgan fingerprint density at radius 1 is 1.16 bits per heavy atom. The van der Waals surface area contributed by atoms with E-state index in [1.54, 1.807) is 23.5 Å². The highest BCUT2D eigenvalue weighted by atomic mass is 32.1. The average Bonchev–Trinajstić information content (AvgIpc) is 3.15. The molecule has 25 heavy (non-hydrogen) atoms. The fraction of sp³-hybridized carbons (Fsp3) is 0.105. The molecule has 1 aromatic heterocycles. The molecule has 0 bridgehead atoms. The fourth-order valence-corrected chi connectivity index (χ4v) is 3.39. The number of nitro groups is 1. The van der Waals surface area contributed by atoms with Crippen molar-refractivity contribution in [2.75, 3.05) is 5.32 Å². The molecule has 6 heteroatoms. The maximum absolute atomic E-state index is 11.4. The van der Waals surface area contributed by atoms with Gasteiger partial charge in [0.25, 0.3) is 5.69 Å². The monoisotopic (exact) mass is 352 g/mol. The number of nitro benzene ring substituents is 1. The average molecular weight is 352 g/mol. The SMILES string of the molecule is Cc1ccc([C@H](Nc2ccc(C=O)cc2[N+](=O)[O-])c2cccs2)cc1. The summed E-state index contributed by atoms with van der Waals surface area (Å²) in [5, 5.41) is 16.6. The number of hydrogen-bond acceptors (Lipinski definition) is 5. The lowest BCUT2D eigenvalue weighted by Crippen LogP contribution is -2.12. The number of carbonyl (C=O) groups is 1. The van der Waals surface area contributed by atoms with Crippen LogP contribution in [0.25, 0.3) is 0 Å². The van der Waals surface area contributed by atoms with Crippen LogP contribution in [0.5, 0.6) is 0 Å². The normalized spacial score (nSPS) is 11.7. The Bertz CT molecular complexity index is 890. The molecule has 0 unspecified atom stereocenters. The summed E-state index contributed by atoms with van der Waals surface area (Å²) in [4.78, 5) is 22.9. The van der Waals surface area contributed by atoms with E-state index < -0.39 is 4.92 Å². The van der Waals surface area contributed by atoms with Gasteiger partial charge in [0.05, 0.1) is 11.0 Å². The van der Waals surface area contributed by atoms with Gasteiger partial charge in [0.2, 0.25) is 0 Å². The minimum Gasteiger partial charge on any atom is -0.368 e. The van der Waals surface area contributed by atoms with Crippen molar-refractivity contribution in [2.24, 2.45) is 0 Å². The van der Waals surface area contributed by atoms with E-state index in [1.165, 1.54) is 6.07 Å². The summed E-state index contributed by atoms with van der Waals surface area (Å²) in [6.45, 7) is 2.01. The van der Waals surface area contributed by atoms with Crippen LogP contribution in [0.15, 0.2) is 60.0 Å². The van der Waals surface area contributed by atoms with Crippen molar-refractivity contribution >= 4 is 29.0 Å². The van der Waals surface area contributed by atoms with Crippen molar-refractivity contribution in [3.8, 4) is 0 Å². The molecule has 0 aliphatic heterocycles. The topological polar surface area (TPSA) is 72.2 Å². The molecule has 1 heterocycles. The predicted octanol–water partition coefficient (Wildman–Crippen LogP) is 4.98. The number of hydrogen-bond donors (Lipinski definition) is 1. The smallest absolute Gasteiger partial charge is 0.293 e. The minimum absolute atomic E-state index is 0.113. The molecule has 5 nitrogen and oxygen atoms in total. The second-order valence-corrected chi connectivity index (χ2v) is 6.63. The molecule has 0 radical (unpaired) electrons. The van der Waals surface area contributed by atoms with Gasteiger partial charge in [-0.05, 0) is 36.1 Å². The summed E-state index contributed by atoms with van der Waals surface area (Å²) in [6.07, 6.45) is 0.605. The second-order valence-electron chi connectivity index (χ2n) is 5.66. The first-order valence-electron chi connectivity index (χ1n) is 7.68. The number of aldehydes is 1. The molecule has 126 valence electrons. The quantitative estimate of drug-likeness (QED) is 0.386. The Hall–Kier alpha value is -2.99. The van der Waals surface area contributed by atoms with Crippen LogP contribution in [0.4, 0.5) is 11.4 Å². The van der Waals surface area contributed by atoms with Crippen molar-refractivity contribution in [3.05, 3.63) is 91.7 Å². The van der Waals surface area contributed by atoms with Crippen LogP contribution in [0, 0.1) is 17.0 Å². The zero-order valence-electron chi connectivity index (χ0n) is 13.5. The number of thiophene rings is 1. The third kappa shape index (κ3) is 3.75. The summed E-state index contributed by atoms with van der Waals surface area (Å²) >= 11 is 1.58. The summed E-state index contributed by atoms with van der Waals surface area (Å²) in [6, 6.07) is 16.2. The van der Waals surface area contributed by atoms with E-state index in [2.05, 4.69) is 5.32 Å². The van der Waals surface area contributed by atoms with Crippen molar-refractivity contribution in [3.63, 3.8) is 0 Å². The highest BCUT2D eigenvalue weighted by molar-refractivity contribution is 7.10. The molecule has 1 N–H and O–H groups in total. The van der Waals surface area contributed by atoms with Crippen molar-refractivity contribution in [1.82, 2.24) is 0 Å². The zero-order chi connectivity index (χ0) is 17.8. The maximum atomic E-state index is 11.4. The fourth-order valence-electron chi connectivity index (χ4n) is 2.58. The van der Waals surface area contributed by atoms with Crippen LogP contribution >= 0.6 is 11.3 Å². The largest absolute Gasteiger partial charge is 0.368 e. The van der Waals surface area contributed by atoms with E-state index in [4.69, 9.17) is 0 Å². The van der Waals surface area contributed by atoms with Crippen LogP contribution in [0.3, 0.4) is 0 Å². The lowest BCUT2D eigenvalue weighted by molar-refractivity contribution is -0.384. The third-order valence-electron chi connectivity index (χ3n) is 3.89. The molecule has 2 aromatic carbocycles. The first-order valence-corrected chi connectivity index (χ1v) is 8.56. The number of rotatable bonds is 6. The molecule has 0 amide bonds. The maximum Gasteiger partial charge on any atom is 0.293 e. The Balaban J connectivity index is 2.03. The van der Waals surface area contributed by atoms with Gasteiger partial charge in [0.15, 0.2) is 0 Å². The summed E-state index contributed by atoms with van der Waals surface area (Å²) in [5.74, 6) is 0. The van der Waals surface area contributed by atoms with Gasteiger partial charge in [-0.1, -0.05) is 35.9 Å². The summed E-state index contributed by atoms with van der Waals surface area (Å²) in [7, 11) is 0. The first kappa shape index (κ1) is 16.9. The van der Waals surface area contributed by atoms with Gasteiger partial charge in [0.1, 0.15) is 12.0 Å². The van der Waals surface area contributed by atoms with Gasteiger partial charge < -0.3 is 5.32 Å². The zero-order valence-corrected chi connectivity index (χ0v) is 14.3. The number of carbonyl (C=O) groups excluding carboxylic acids is 1. The molecule has 0 spiro atoms. The minimum atomic E-state index is -0.476. The van der Waals surface area contributed by atoms with Gasteiger partial charge in [-0.25, -0.2) is 0 Å². The second kappa shape index (κ2) is 7.27. The van der Waals surface area contributed by atoms with Crippen molar-refractivity contribution in [2.45, 2.75) is 13.0 Å². The summed E-state index contributed by atoms with van der Waals surface area (Å²) in [5.41, 5.74) is 2.71. The molecule has 0 aliphatic carbocycles. The van der Waals surface area contributed by atoms with E-state index in [9.17, 15) is 14.9 Å². The van der Waals surface area contributed by atoms with Crippen LogP contribution in [0.2, 0.25) is 0 Å².